The van der Waals surface area contributed by atoms with Gasteiger partial charge in [0, 0.05) is 36.7 Å². The molecule has 1 aliphatic rings. The molecule has 1 saturated heterocycles. The van der Waals surface area contributed by atoms with Gasteiger partial charge < -0.3 is 20.1 Å². The van der Waals surface area contributed by atoms with Crippen LogP contribution in [0.5, 0.6) is 5.75 Å². The molecule has 1 amide bonds. The van der Waals surface area contributed by atoms with Crippen molar-refractivity contribution < 1.29 is 19.0 Å². The number of methoxy groups -OCH3 is 1. The second-order valence-corrected chi connectivity index (χ2v) is 8.37. The van der Waals surface area contributed by atoms with Gasteiger partial charge in [-0.3, -0.25) is 4.90 Å². The molecule has 1 atom stereocenters. The Balaban J connectivity index is 1.89. The van der Waals surface area contributed by atoms with Crippen molar-refractivity contribution in [3.05, 3.63) is 53.1 Å². The van der Waals surface area contributed by atoms with E-state index < -0.39 is 17.4 Å². The first-order chi connectivity index (χ1) is 15.2. The zero-order valence-electron chi connectivity index (χ0n) is 17.9. The SMILES string of the molecule is COc1cc2ncnc(Nc3cccc(Cl)c3F)c2cc1C1(C)CN(C)CCN1C(=O)O. The molecular weight excluding hydrogens is 437 g/mol. The minimum atomic E-state index is -1.01. The van der Waals surface area contributed by atoms with E-state index in [1.54, 1.807) is 18.2 Å². The molecule has 2 N–H and O–H groups in total. The highest BCUT2D eigenvalue weighted by molar-refractivity contribution is 6.31. The molecule has 168 valence electrons. The monoisotopic (exact) mass is 459 g/mol. The maximum absolute atomic E-state index is 14.5. The molecule has 2 aromatic carbocycles. The number of ether oxygens (including phenoxy) is 1. The van der Waals surface area contributed by atoms with Gasteiger partial charge >= 0.3 is 6.09 Å². The van der Waals surface area contributed by atoms with Crippen LogP contribution in [-0.4, -0.2) is 64.8 Å². The first-order valence-corrected chi connectivity index (χ1v) is 10.4. The molecule has 3 aromatic rings. The number of piperazine rings is 1. The van der Waals surface area contributed by atoms with Crippen LogP contribution in [-0.2, 0) is 5.54 Å². The maximum atomic E-state index is 14.5. The maximum Gasteiger partial charge on any atom is 0.408 e. The normalized spacial score (nSPS) is 19.2. The van der Waals surface area contributed by atoms with Crippen molar-refractivity contribution in [3.8, 4) is 5.75 Å². The van der Waals surface area contributed by atoms with Gasteiger partial charge in [0.1, 0.15) is 17.9 Å². The molecule has 10 heteroatoms. The van der Waals surface area contributed by atoms with Crippen LogP contribution >= 0.6 is 11.6 Å². The number of hydrogen-bond acceptors (Lipinski definition) is 6. The van der Waals surface area contributed by atoms with Crippen molar-refractivity contribution in [2.45, 2.75) is 12.5 Å². The molecule has 1 fully saturated rings. The van der Waals surface area contributed by atoms with Crippen molar-refractivity contribution in [2.24, 2.45) is 0 Å². The van der Waals surface area contributed by atoms with Gasteiger partial charge in [0.15, 0.2) is 5.82 Å². The highest BCUT2D eigenvalue weighted by Crippen LogP contribution is 2.41. The van der Waals surface area contributed by atoms with Crippen molar-refractivity contribution in [1.29, 1.82) is 0 Å². The molecule has 0 aliphatic carbocycles. The second kappa shape index (κ2) is 8.40. The number of hydrogen-bond donors (Lipinski definition) is 2. The molecule has 1 unspecified atom stereocenters. The average molecular weight is 460 g/mol. The van der Waals surface area contributed by atoms with E-state index in [0.717, 1.165) is 0 Å². The van der Waals surface area contributed by atoms with Crippen LogP contribution in [0, 0.1) is 5.82 Å². The predicted molar refractivity (Wildman–Crippen MR) is 120 cm³/mol. The minimum Gasteiger partial charge on any atom is -0.496 e. The van der Waals surface area contributed by atoms with Crippen LogP contribution in [0.2, 0.25) is 5.02 Å². The number of fused-ring (bicyclic) bond motifs is 1. The third kappa shape index (κ3) is 3.78. The minimum absolute atomic E-state index is 0.00873. The van der Waals surface area contributed by atoms with Crippen molar-refractivity contribution in [2.75, 3.05) is 39.1 Å². The Labute approximate surface area is 189 Å². The number of nitrogens with one attached hydrogen (secondary N) is 1. The number of aromatic nitrogens is 2. The van der Waals surface area contributed by atoms with Crippen LogP contribution in [0.1, 0.15) is 12.5 Å². The molecule has 4 rings (SSSR count). The Morgan fingerprint density at radius 2 is 2.09 bits per heavy atom. The molecule has 8 nitrogen and oxygen atoms in total. The third-order valence-electron chi connectivity index (χ3n) is 5.85. The number of carboxylic acid groups (broad SMARTS) is 1. The van der Waals surface area contributed by atoms with Crippen LogP contribution in [0.25, 0.3) is 10.9 Å². The summed E-state index contributed by atoms with van der Waals surface area (Å²) in [7, 11) is 3.48. The van der Waals surface area contributed by atoms with E-state index in [2.05, 4.69) is 20.2 Å². The molecule has 0 radical (unpaired) electrons. The number of amides is 1. The van der Waals surface area contributed by atoms with Crippen LogP contribution < -0.4 is 10.1 Å². The Morgan fingerprint density at radius 3 is 2.81 bits per heavy atom. The third-order valence-corrected chi connectivity index (χ3v) is 6.14. The summed E-state index contributed by atoms with van der Waals surface area (Å²) in [6.07, 6.45) is 0.359. The van der Waals surface area contributed by atoms with E-state index in [1.807, 2.05) is 20.0 Å². The molecular formula is C22H23ClFN5O3. The van der Waals surface area contributed by atoms with Crippen LogP contribution in [0.4, 0.5) is 20.7 Å². The van der Waals surface area contributed by atoms with Gasteiger partial charge in [-0.15, -0.1) is 0 Å². The fraction of sp³-hybridized carbons (Fsp3) is 0.318. The zero-order valence-corrected chi connectivity index (χ0v) is 18.6. The Bertz CT molecular complexity index is 1190. The summed E-state index contributed by atoms with van der Waals surface area (Å²) in [5, 5.41) is 13.5. The predicted octanol–water partition coefficient (Wildman–Crippen LogP) is 4.32. The van der Waals surface area contributed by atoms with Crippen LogP contribution in [0.3, 0.4) is 0 Å². The molecule has 1 aromatic heterocycles. The van der Waals surface area contributed by atoms with E-state index >= 15 is 0 Å². The fourth-order valence-corrected chi connectivity index (χ4v) is 4.42. The molecule has 32 heavy (non-hydrogen) atoms. The first-order valence-electron chi connectivity index (χ1n) is 9.98. The van der Waals surface area contributed by atoms with Gasteiger partial charge in [0.2, 0.25) is 0 Å². The van der Waals surface area contributed by atoms with E-state index in [9.17, 15) is 14.3 Å². The number of halogens is 2. The average Bonchev–Trinajstić information content (AvgIpc) is 2.75. The van der Waals surface area contributed by atoms with Crippen molar-refractivity contribution in [3.63, 3.8) is 0 Å². The number of benzene rings is 2. The quantitative estimate of drug-likeness (QED) is 0.600. The Hall–Kier alpha value is -3.17. The van der Waals surface area contributed by atoms with Gasteiger partial charge in [-0.2, -0.15) is 0 Å². The summed E-state index contributed by atoms with van der Waals surface area (Å²) < 4.78 is 20.1. The lowest BCUT2D eigenvalue weighted by Crippen LogP contribution is -2.59. The molecule has 0 spiro atoms. The summed E-state index contributed by atoms with van der Waals surface area (Å²) in [4.78, 5) is 24.2. The molecule has 0 bridgehead atoms. The van der Waals surface area contributed by atoms with Crippen molar-refractivity contribution in [1.82, 2.24) is 19.8 Å². The fourth-order valence-electron chi connectivity index (χ4n) is 4.25. The van der Waals surface area contributed by atoms with Gasteiger partial charge in [0.25, 0.3) is 0 Å². The lowest BCUT2D eigenvalue weighted by molar-refractivity contribution is 0.0220. The molecule has 1 aliphatic heterocycles. The van der Waals surface area contributed by atoms with E-state index in [4.69, 9.17) is 16.3 Å². The topological polar surface area (TPSA) is 90.8 Å². The number of carbonyl (C=O) groups is 1. The van der Waals surface area contributed by atoms with Gasteiger partial charge in [0.05, 0.1) is 28.9 Å². The van der Waals surface area contributed by atoms with Gasteiger partial charge in [-0.25, -0.2) is 19.2 Å². The zero-order chi connectivity index (χ0) is 23.0. The van der Waals surface area contributed by atoms with Gasteiger partial charge in [-0.1, -0.05) is 17.7 Å². The lowest BCUT2D eigenvalue weighted by atomic mass is 9.86. The number of nitrogens with zero attached hydrogens (tertiary/aromatic N) is 4. The first kappa shape index (κ1) is 22.0. The van der Waals surface area contributed by atoms with Crippen molar-refractivity contribution >= 4 is 40.1 Å². The highest BCUT2D eigenvalue weighted by Gasteiger charge is 2.43. The summed E-state index contributed by atoms with van der Waals surface area (Å²) in [6.45, 7) is 3.32. The van der Waals surface area contributed by atoms with E-state index in [-0.39, 0.29) is 10.7 Å². The summed E-state index contributed by atoms with van der Waals surface area (Å²) in [6, 6.07) is 8.21. The Kier molecular flexibility index (Phi) is 5.79. The second-order valence-electron chi connectivity index (χ2n) is 7.96. The van der Waals surface area contributed by atoms with E-state index in [1.165, 1.54) is 24.4 Å². The van der Waals surface area contributed by atoms with Crippen LogP contribution in [0.15, 0.2) is 36.7 Å². The lowest BCUT2D eigenvalue weighted by Gasteiger charge is -2.47. The van der Waals surface area contributed by atoms with E-state index in [0.29, 0.717) is 47.7 Å². The summed E-state index contributed by atoms with van der Waals surface area (Å²) >= 11 is 5.91. The summed E-state index contributed by atoms with van der Waals surface area (Å²) in [5.41, 5.74) is 0.531. The Morgan fingerprint density at radius 1 is 1.31 bits per heavy atom. The summed E-state index contributed by atoms with van der Waals surface area (Å²) in [5.74, 6) is 0.294. The largest absolute Gasteiger partial charge is 0.496 e. The smallest absolute Gasteiger partial charge is 0.408 e. The number of rotatable bonds is 4. The molecule has 0 saturated carbocycles. The van der Waals surface area contributed by atoms with Gasteiger partial charge in [-0.05, 0) is 32.2 Å². The molecule has 2 heterocycles. The number of anilines is 2. The standard InChI is InChI=1S/C22H23ClFN5O3/c1-22(11-28(2)7-8-29(22)21(30)31)14-9-13-17(10-18(14)32-3)25-12-26-20(13)27-16-6-4-5-15(23)19(16)24/h4-6,9-10,12H,7-8,11H2,1-3H3,(H,30,31)(H,25,26,27). The number of likely N-dealkylation sites (N-methyl/N-ethyl adjacent to an activating group) is 1. The highest BCUT2D eigenvalue weighted by atomic mass is 35.5.